The van der Waals surface area contributed by atoms with Gasteiger partial charge in [0.15, 0.2) is 0 Å². The lowest BCUT2D eigenvalue weighted by molar-refractivity contribution is -0.117. The molecule has 0 aliphatic rings. The first kappa shape index (κ1) is 18.9. The zero-order chi connectivity index (χ0) is 19.1. The predicted molar refractivity (Wildman–Crippen MR) is 99.7 cm³/mol. The minimum atomic E-state index is -0.504. The third-order valence-corrected chi connectivity index (χ3v) is 3.85. The summed E-state index contributed by atoms with van der Waals surface area (Å²) in [5, 5.41) is 24.6. The zero-order valence-corrected chi connectivity index (χ0v) is 14.9. The molecule has 2 aromatic carbocycles. The van der Waals surface area contributed by atoms with Crippen molar-refractivity contribution < 1.29 is 14.6 Å². The van der Waals surface area contributed by atoms with Crippen LogP contribution in [0.25, 0.3) is 0 Å². The molecule has 0 bridgehead atoms. The summed E-state index contributed by atoms with van der Waals surface area (Å²) in [5.41, 5.74) is 2.16. The normalized spacial score (nSPS) is 12.0. The Labute approximate surface area is 152 Å². The smallest absolute Gasteiger partial charge is 0.263 e. The lowest BCUT2D eigenvalue weighted by Crippen LogP contribution is -2.28. The molecule has 134 valence electrons. The van der Waals surface area contributed by atoms with Gasteiger partial charge in [-0.05, 0) is 49.2 Å². The third kappa shape index (κ3) is 4.77. The topological polar surface area (TPSA) is 94.4 Å². The third-order valence-electron chi connectivity index (χ3n) is 3.85. The minimum Gasteiger partial charge on any atom is -0.506 e. The number of aromatic hydroxyl groups is 1. The van der Waals surface area contributed by atoms with Gasteiger partial charge in [0.05, 0.1) is 18.8 Å². The van der Waals surface area contributed by atoms with Gasteiger partial charge in [0, 0.05) is 6.20 Å². The van der Waals surface area contributed by atoms with E-state index >= 15 is 0 Å². The maximum Gasteiger partial charge on any atom is 0.263 e. The Bertz CT molecular complexity index is 852. The van der Waals surface area contributed by atoms with E-state index in [0.717, 1.165) is 16.9 Å². The van der Waals surface area contributed by atoms with Crippen LogP contribution in [0.15, 0.2) is 54.2 Å². The molecule has 6 nitrogen and oxygen atoms in total. The second-order valence-corrected chi connectivity index (χ2v) is 5.80. The van der Waals surface area contributed by atoms with Gasteiger partial charge in [0.1, 0.15) is 23.1 Å². The van der Waals surface area contributed by atoms with Crippen molar-refractivity contribution in [3.63, 3.8) is 0 Å². The van der Waals surface area contributed by atoms with Crippen LogP contribution < -0.4 is 15.4 Å². The van der Waals surface area contributed by atoms with Crippen LogP contribution in [0.5, 0.6) is 11.5 Å². The monoisotopic (exact) mass is 351 g/mol. The van der Waals surface area contributed by atoms with Crippen LogP contribution in [-0.2, 0) is 4.79 Å². The quantitative estimate of drug-likeness (QED) is 0.421. The summed E-state index contributed by atoms with van der Waals surface area (Å²) in [6.45, 7) is 3.71. The van der Waals surface area contributed by atoms with Crippen LogP contribution >= 0.6 is 0 Å². The Morgan fingerprint density at radius 2 is 1.96 bits per heavy atom. The molecule has 0 spiro atoms. The van der Waals surface area contributed by atoms with Crippen LogP contribution in [0.2, 0.25) is 0 Å². The van der Waals surface area contributed by atoms with Crippen molar-refractivity contribution in [3.8, 4) is 17.6 Å². The molecule has 0 aliphatic carbocycles. The highest BCUT2D eigenvalue weighted by atomic mass is 16.5. The molecule has 26 heavy (non-hydrogen) atoms. The van der Waals surface area contributed by atoms with E-state index in [2.05, 4.69) is 10.6 Å². The molecular formula is C20H21N3O3. The van der Waals surface area contributed by atoms with E-state index in [-0.39, 0.29) is 17.4 Å². The summed E-state index contributed by atoms with van der Waals surface area (Å²) >= 11 is 0. The Morgan fingerprint density at radius 3 is 2.58 bits per heavy atom. The van der Waals surface area contributed by atoms with Gasteiger partial charge in [-0.2, -0.15) is 5.26 Å². The maximum atomic E-state index is 12.3. The zero-order valence-electron chi connectivity index (χ0n) is 14.9. The number of anilines is 1. The summed E-state index contributed by atoms with van der Waals surface area (Å²) < 4.78 is 5.11. The van der Waals surface area contributed by atoms with Gasteiger partial charge in [-0.3, -0.25) is 4.79 Å². The molecule has 6 heteroatoms. The molecule has 1 amide bonds. The highest BCUT2D eigenvalue weighted by Gasteiger charge is 2.14. The summed E-state index contributed by atoms with van der Waals surface area (Å²) in [4.78, 5) is 12.3. The minimum absolute atomic E-state index is 0.0381. The summed E-state index contributed by atoms with van der Waals surface area (Å²) in [6, 6.07) is 13.9. The lowest BCUT2D eigenvalue weighted by Gasteiger charge is -2.14. The molecule has 3 N–H and O–H groups in total. The number of carbonyl (C=O) groups excluding carboxylic acids is 1. The molecule has 0 saturated heterocycles. The first-order valence-electron chi connectivity index (χ1n) is 8.06. The number of hydrogen-bond acceptors (Lipinski definition) is 5. The number of nitrogens with one attached hydrogen (secondary N) is 2. The van der Waals surface area contributed by atoms with Gasteiger partial charge in [0.2, 0.25) is 0 Å². The lowest BCUT2D eigenvalue weighted by atomic mass is 10.1. The number of carbonyl (C=O) groups is 1. The number of phenolic OH excluding ortho intramolecular Hbond substituents is 1. The number of nitriles is 1. The Morgan fingerprint density at radius 1 is 1.27 bits per heavy atom. The number of aryl methyl sites for hydroxylation is 1. The first-order valence-corrected chi connectivity index (χ1v) is 8.06. The average Bonchev–Trinajstić information content (AvgIpc) is 2.64. The molecule has 0 radical (unpaired) electrons. The Balaban J connectivity index is 2.07. The molecular weight excluding hydrogens is 330 g/mol. The number of methoxy groups -OCH3 is 1. The van der Waals surface area contributed by atoms with Gasteiger partial charge in [-0.25, -0.2) is 0 Å². The number of benzene rings is 2. The molecule has 1 unspecified atom stereocenters. The SMILES string of the molecule is COc1ccc(C(C)NC(=O)/C(C#N)=C\Nc2cc(C)ccc2O)cc1. The number of rotatable bonds is 6. The predicted octanol–water partition coefficient (Wildman–Crippen LogP) is 3.41. The second kappa shape index (κ2) is 8.58. The van der Waals surface area contributed by atoms with Crippen LogP contribution in [0.3, 0.4) is 0 Å². The summed E-state index contributed by atoms with van der Waals surface area (Å²) in [7, 11) is 1.59. The fraction of sp³-hybridized carbons (Fsp3) is 0.200. The van der Waals surface area contributed by atoms with E-state index in [1.54, 1.807) is 37.4 Å². The van der Waals surface area contributed by atoms with Crippen molar-refractivity contribution in [3.05, 3.63) is 65.4 Å². The van der Waals surface area contributed by atoms with Crippen LogP contribution in [0, 0.1) is 18.3 Å². The van der Waals surface area contributed by atoms with Crippen molar-refractivity contribution >= 4 is 11.6 Å². The second-order valence-electron chi connectivity index (χ2n) is 5.80. The molecule has 0 fully saturated rings. The van der Waals surface area contributed by atoms with Crippen LogP contribution in [0.1, 0.15) is 24.1 Å². The molecule has 2 aromatic rings. The van der Waals surface area contributed by atoms with Gasteiger partial charge in [-0.1, -0.05) is 18.2 Å². The van der Waals surface area contributed by atoms with E-state index in [0.29, 0.717) is 5.69 Å². The molecule has 0 saturated carbocycles. The summed E-state index contributed by atoms with van der Waals surface area (Å²) in [5.74, 6) is 0.263. The number of hydrogen-bond donors (Lipinski definition) is 3. The van der Waals surface area contributed by atoms with Crippen molar-refractivity contribution in [2.24, 2.45) is 0 Å². The standard InChI is InChI=1S/C20H21N3O3/c1-13-4-9-19(24)18(10-13)22-12-16(11-21)20(25)23-14(2)15-5-7-17(26-3)8-6-15/h4-10,12,14,22,24H,1-3H3,(H,23,25)/b16-12-. The van der Waals surface area contributed by atoms with E-state index in [9.17, 15) is 15.2 Å². The first-order chi connectivity index (χ1) is 12.4. The van der Waals surface area contributed by atoms with Crippen molar-refractivity contribution in [2.75, 3.05) is 12.4 Å². The fourth-order valence-electron chi connectivity index (χ4n) is 2.31. The van der Waals surface area contributed by atoms with Gasteiger partial charge in [0.25, 0.3) is 5.91 Å². The van der Waals surface area contributed by atoms with E-state index in [1.807, 2.05) is 32.0 Å². The number of phenols is 1. The van der Waals surface area contributed by atoms with E-state index < -0.39 is 5.91 Å². The summed E-state index contributed by atoms with van der Waals surface area (Å²) in [6.07, 6.45) is 1.28. The number of nitrogens with zero attached hydrogens (tertiary/aromatic N) is 1. The molecule has 0 aromatic heterocycles. The highest BCUT2D eigenvalue weighted by Crippen LogP contribution is 2.24. The molecule has 1 atom stereocenters. The van der Waals surface area contributed by atoms with Crippen molar-refractivity contribution in [1.82, 2.24) is 5.32 Å². The van der Waals surface area contributed by atoms with Crippen LogP contribution in [0.4, 0.5) is 5.69 Å². The van der Waals surface area contributed by atoms with Crippen molar-refractivity contribution in [2.45, 2.75) is 19.9 Å². The number of amides is 1. The van der Waals surface area contributed by atoms with Gasteiger partial charge < -0.3 is 20.5 Å². The van der Waals surface area contributed by atoms with E-state index in [1.165, 1.54) is 6.20 Å². The van der Waals surface area contributed by atoms with Crippen LogP contribution in [-0.4, -0.2) is 18.1 Å². The van der Waals surface area contributed by atoms with Gasteiger partial charge >= 0.3 is 0 Å². The fourth-order valence-corrected chi connectivity index (χ4v) is 2.31. The Hall–Kier alpha value is -3.46. The van der Waals surface area contributed by atoms with E-state index in [4.69, 9.17) is 4.74 Å². The molecule has 2 rings (SSSR count). The van der Waals surface area contributed by atoms with Crippen molar-refractivity contribution in [1.29, 1.82) is 5.26 Å². The Kier molecular flexibility index (Phi) is 6.23. The van der Waals surface area contributed by atoms with Gasteiger partial charge in [-0.15, -0.1) is 0 Å². The molecule has 0 aliphatic heterocycles. The highest BCUT2D eigenvalue weighted by molar-refractivity contribution is 5.97. The maximum absolute atomic E-state index is 12.3. The average molecular weight is 351 g/mol. The number of ether oxygens (including phenoxy) is 1. The molecule has 0 heterocycles. The largest absolute Gasteiger partial charge is 0.506 e.